The van der Waals surface area contributed by atoms with E-state index in [0.29, 0.717) is 54.1 Å². The number of carbonyl (C=O) groups excluding carboxylic acids is 1. The molecule has 0 spiro atoms. The van der Waals surface area contributed by atoms with Gasteiger partial charge in [0.05, 0.1) is 19.3 Å². The van der Waals surface area contributed by atoms with E-state index >= 15 is 0 Å². The molecule has 1 aromatic rings. The first kappa shape index (κ1) is 16.8. The van der Waals surface area contributed by atoms with Crippen molar-refractivity contribution in [1.82, 2.24) is 0 Å². The quantitative estimate of drug-likeness (QED) is 0.516. The lowest BCUT2D eigenvalue weighted by Gasteiger charge is -2.13. The van der Waals surface area contributed by atoms with E-state index in [-0.39, 0.29) is 0 Å². The number of carbonyl (C=O) groups is 1. The largest absolute Gasteiger partial charge is 0.493 e. The van der Waals surface area contributed by atoms with Gasteiger partial charge in [0.1, 0.15) is 6.61 Å². The molecule has 0 saturated carbocycles. The third-order valence-corrected chi connectivity index (χ3v) is 2.93. The summed E-state index contributed by atoms with van der Waals surface area (Å²) in [6, 6.07) is 3.16. The molecule has 1 aromatic carbocycles. The zero-order valence-electron chi connectivity index (χ0n) is 12.1. The summed E-state index contributed by atoms with van der Waals surface area (Å²) in [4.78, 5) is 11.0. The van der Waals surface area contributed by atoms with Gasteiger partial charge < -0.3 is 14.2 Å². The molecule has 0 unspecified atom stereocenters. The zero-order valence-corrected chi connectivity index (χ0v) is 12.9. The van der Waals surface area contributed by atoms with Crippen molar-refractivity contribution in [2.45, 2.75) is 20.3 Å². The Morgan fingerprint density at radius 1 is 1.25 bits per heavy atom. The van der Waals surface area contributed by atoms with E-state index in [9.17, 15) is 4.79 Å². The molecule has 112 valence electrons. The molecule has 0 N–H and O–H groups in total. The van der Waals surface area contributed by atoms with Crippen molar-refractivity contribution in [2.24, 2.45) is 5.92 Å². The maximum atomic E-state index is 11.0. The SMILES string of the molecule is COc1cc(Cl)cc(C=O)c1OCCOCCC(C)C. The van der Waals surface area contributed by atoms with Gasteiger partial charge in [-0.05, 0) is 18.4 Å². The molecule has 0 aliphatic heterocycles. The molecule has 0 radical (unpaired) electrons. The first-order valence-corrected chi connectivity index (χ1v) is 6.99. The predicted molar refractivity (Wildman–Crippen MR) is 79.2 cm³/mol. The van der Waals surface area contributed by atoms with E-state index in [1.165, 1.54) is 7.11 Å². The van der Waals surface area contributed by atoms with Crippen LogP contribution < -0.4 is 9.47 Å². The molecular weight excluding hydrogens is 280 g/mol. The lowest BCUT2D eigenvalue weighted by Crippen LogP contribution is -2.10. The van der Waals surface area contributed by atoms with Crippen molar-refractivity contribution >= 4 is 17.9 Å². The molecule has 0 atom stereocenters. The number of benzene rings is 1. The van der Waals surface area contributed by atoms with Crippen LogP contribution in [0.3, 0.4) is 0 Å². The molecule has 0 aromatic heterocycles. The number of rotatable bonds is 9. The molecule has 0 heterocycles. The second-order valence-electron chi connectivity index (χ2n) is 4.79. The lowest BCUT2D eigenvalue weighted by atomic mass is 10.1. The van der Waals surface area contributed by atoms with Crippen molar-refractivity contribution in [3.63, 3.8) is 0 Å². The van der Waals surface area contributed by atoms with Crippen LogP contribution >= 0.6 is 11.6 Å². The molecule has 0 fully saturated rings. The van der Waals surface area contributed by atoms with Crippen LogP contribution in [-0.2, 0) is 4.74 Å². The summed E-state index contributed by atoms with van der Waals surface area (Å²) in [5, 5.41) is 0.435. The summed E-state index contributed by atoms with van der Waals surface area (Å²) >= 11 is 5.89. The van der Waals surface area contributed by atoms with Gasteiger partial charge in [-0.3, -0.25) is 4.79 Å². The van der Waals surface area contributed by atoms with Gasteiger partial charge in [0, 0.05) is 17.7 Å². The van der Waals surface area contributed by atoms with E-state index in [0.717, 1.165) is 6.42 Å². The summed E-state index contributed by atoms with van der Waals surface area (Å²) in [5.74, 6) is 1.47. The van der Waals surface area contributed by atoms with Gasteiger partial charge in [-0.25, -0.2) is 0 Å². The van der Waals surface area contributed by atoms with Crippen LogP contribution in [0.1, 0.15) is 30.6 Å². The fourth-order valence-corrected chi connectivity index (χ4v) is 1.82. The van der Waals surface area contributed by atoms with Gasteiger partial charge in [0.15, 0.2) is 17.8 Å². The van der Waals surface area contributed by atoms with Crippen LogP contribution in [0.5, 0.6) is 11.5 Å². The molecule has 20 heavy (non-hydrogen) atoms. The highest BCUT2D eigenvalue weighted by Crippen LogP contribution is 2.33. The zero-order chi connectivity index (χ0) is 15.0. The standard InChI is InChI=1S/C15H21ClO4/c1-11(2)4-5-19-6-7-20-15-12(10-17)8-13(16)9-14(15)18-3/h8-11H,4-7H2,1-3H3. The number of hydrogen-bond acceptors (Lipinski definition) is 4. The molecule has 0 aliphatic carbocycles. The molecule has 0 aliphatic rings. The molecular formula is C15H21ClO4. The van der Waals surface area contributed by atoms with Crippen LogP contribution in [0.2, 0.25) is 5.02 Å². The normalized spacial score (nSPS) is 10.7. The summed E-state index contributed by atoms with van der Waals surface area (Å²) in [6.07, 6.45) is 1.72. The predicted octanol–water partition coefficient (Wildman–Crippen LogP) is 3.60. The molecule has 4 nitrogen and oxygen atoms in total. The minimum Gasteiger partial charge on any atom is -0.493 e. The highest BCUT2D eigenvalue weighted by atomic mass is 35.5. The smallest absolute Gasteiger partial charge is 0.171 e. The van der Waals surface area contributed by atoms with Gasteiger partial charge >= 0.3 is 0 Å². The Morgan fingerprint density at radius 2 is 2.00 bits per heavy atom. The summed E-state index contributed by atoms with van der Waals surface area (Å²) in [5.41, 5.74) is 0.372. The Labute approximate surface area is 125 Å². The topological polar surface area (TPSA) is 44.8 Å². The Morgan fingerprint density at radius 3 is 2.60 bits per heavy atom. The molecule has 5 heteroatoms. The monoisotopic (exact) mass is 300 g/mol. The molecule has 0 saturated heterocycles. The number of hydrogen-bond donors (Lipinski definition) is 0. The second kappa shape index (κ2) is 8.82. The van der Waals surface area contributed by atoms with Gasteiger partial charge in [0.2, 0.25) is 0 Å². The highest BCUT2D eigenvalue weighted by Gasteiger charge is 2.12. The number of halogens is 1. The van der Waals surface area contributed by atoms with Gasteiger partial charge in [-0.15, -0.1) is 0 Å². The fourth-order valence-electron chi connectivity index (χ4n) is 1.61. The molecule has 0 amide bonds. The Balaban J connectivity index is 2.52. The van der Waals surface area contributed by atoms with Crippen molar-refractivity contribution in [2.75, 3.05) is 26.9 Å². The van der Waals surface area contributed by atoms with Crippen molar-refractivity contribution in [3.05, 3.63) is 22.7 Å². The lowest BCUT2D eigenvalue weighted by molar-refractivity contribution is 0.0907. The minimum atomic E-state index is 0.358. The van der Waals surface area contributed by atoms with Crippen LogP contribution in [0.15, 0.2) is 12.1 Å². The minimum absolute atomic E-state index is 0.358. The summed E-state index contributed by atoms with van der Waals surface area (Å²) < 4.78 is 16.2. The maximum absolute atomic E-state index is 11.0. The van der Waals surface area contributed by atoms with Crippen LogP contribution in [0, 0.1) is 5.92 Å². The molecule has 1 rings (SSSR count). The first-order chi connectivity index (χ1) is 9.58. The second-order valence-corrected chi connectivity index (χ2v) is 5.22. The first-order valence-electron chi connectivity index (χ1n) is 6.61. The number of methoxy groups -OCH3 is 1. The van der Waals surface area contributed by atoms with Gasteiger partial charge in [-0.2, -0.15) is 0 Å². The van der Waals surface area contributed by atoms with Gasteiger partial charge in [0.25, 0.3) is 0 Å². The average Bonchev–Trinajstić information content (AvgIpc) is 2.42. The maximum Gasteiger partial charge on any atom is 0.171 e. The van der Waals surface area contributed by atoms with Crippen LogP contribution in [0.25, 0.3) is 0 Å². The van der Waals surface area contributed by atoms with Crippen molar-refractivity contribution < 1.29 is 19.0 Å². The highest BCUT2D eigenvalue weighted by molar-refractivity contribution is 6.31. The van der Waals surface area contributed by atoms with E-state index in [1.54, 1.807) is 12.1 Å². The Kier molecular flexibility index (Phi) is 7.41. The van der Waals surface area contributed by atoms with E-state index < -0.39 is 0 Å². The third-order valence-electron chi connectivity index (χ3n) is 2.71. The van der Waals surface area contributed by atoms with E-state index in [1.807, 2.05) is 0 Å². The Hall–Kier alpha value is -1.26. The van der Waals surface area contributed by atoms with E-state index in [4.69, 9.17) is 25.8 Å². The van der Waals surface area contributed by atoms with Gasteiger partial charge in [-0.1, -0.05) is 25.4 Å². The number of ether oxygens (including phenoxy) is 3. The number of aldehydes is 1. The average molecular weight is 301 g/mol. The van der Waals surface area contributed by atoms with Crippen LogP contribution in [-0.4, -0.2) is 33.2 Å². The van der Waals surface area contributed by atoms with Crippen molar-refractivity contribution in [3.8, 4) is 11.5 Å². The molecule has 0 bridgehead atoms. The van der Waals surface area contributed by atoms with Crippen molar-refractivity contribution in [1.29, 1.82) is 0 Å². The third kappa shape index (κ3) is 5.39. The van der Waals surface area contributed by atoms with Crippen LogP contribution in [0.4, 0.5) is 0 Å². The Bertz CT molecular complexity index is 432. The van der Waals surface area contributed by atoms with E-state index in [2.05, 4.69) is 13.8 Å². The summed E-state index contributed by atoms with van der Waals surface area (Å²) in [7, 11) is 1.51. The summed E-state index contributed by atoms with van der Waals surface area (Å²) in [6.45, 7) is 5.83. The fraction of sp³-hybridized carbons (Fsp3) is 0.533.